The number of carbonyl (C=O) groups is 2. The zero-order valence-corrected chi connectivity index (χ0v) is 18.6. The fraction of sp³-hybridized carbons (Fsp3) is 0.538. The third-order valence-corrected chi connectivity index (χ3v) is 5.22. The molecular formula is C26H36O4. The average Bonchev–Trinajstić information content (AvgIpc) is 2.75. The summed E-state index contributed by atoms with van der Waals surface area (Å²) in [6.07, 6.45) is 15.6. The number of carbonyl (C=O) groups excluding carboxylic acids is 2. The molecule has 1 aliphatic carbocycles. The van der Waals surface area contributed by atoms with Gasteiger partial charge in [-0.05, 0) is 37.1 Å². The lowest BCUT2D eigenvalue weighted by Crippen LogP contribution is -2.10. The molecule has 30 heavy (non-hydrogen) atoms. The van der Waals surface area contributed by atoms with Gasteiger partial charge in [-0.2, -0.15) is 0 Å². The van der Waals surface area contributed by atoms with Gasteiger partial charge >= 0.3 is 0 Å². The van der Waals surface area contributed by atoms with Crippen LogP contribution in [0.4, 0.5) is 0 Å². The number of ketones is 2. The van der Waals surface area contributed by atoms with Crippen molar-refractivity contribution in [2.45, 2.75) is 78.1 Å². The molecule has 164 valence electrons. The Morgan fingerprint density at radius 2 is 1.37 bits per heavy atom. The molecular weight excluding hydrogens is 376 g/mol. The molecule has 0 N–H and O–H groups in total. The van der Waals surface area contributed by atoms with Gasteiger partial charge in [0.25, 0.3) is 0 Å². The highest BCUT2D eigenvalue weighted by molar-refractivity contribution is 6.34. The van der Waals surface area contributed by atoms with Gasteiger partial charge in [0, 0.05) is 11.1 Å². The van der Waals surface area contributed by atoms with Crippen LogP contribution in [-0.2, 0) is 9.59 Å². The fourth-order valence-corrected chi connectivity index (χ4v) is 3.48. The van der Waals surface area contributed by atoms with Crippen molar-refractivity contribution in [3.8, 4) is 11.5 Å². The second-order valence-electron chi connectivity index (χ2n) is 7.82. The van der Waals surface area contributed by atoms with Crippen molar-refractivity contribution in [1.29, 1.82) is 0 Å². The maximum absolute atomic E-state index is 12.4. The first kappa shape index (κ1) is 23.9. The van der Waals surface area contributed by atoms with E-state index < -0.39 is 0 Å². The SMILES string of the molecule is CCCCCCCOc1cccc(C2=CC(=O)C=CC2=O)c1OCCCCCCC. The van der Waals surface area contributed by atoms with Crippen LogP contribution in [0, 0.1) is 0 Å². The third-order valence-electron chi connectivity index (χ3n) is 5.22. The van der Waals surface area contributed by atoms with Crippen molar-refractivity contribution in [2.24, 2.45) is 0 Å². The van der Waals surface area contributed by atoms with E-state index in [1.54, 1.807) is 0 Å². The molecule has 0 radical (unpaired) electrons. The van der Waals surface area contributed by atoms with Gasteiger partial charge in [0.2, 0.25) is 0 Å². The predicted octanol–water partition coefficient (Wildman–Crippen LogP) is 6.48. The standard InChI is InChI=1S/C26H36O4/c1-3-5-7-9-11-18-29-25-15-13-14-22(23-20-21(27)16-17-24(23)28)26(25)30-19-12-10-8-6-4-2/h13-17,20H,3-12,18-19H2,1-2H3. The highest BCUT2D eigenvalue weighted by Crippen LogP contribution is 2.37. The van der Waals surface area contributed by atoms with Crippen LogP contribution in [0.25, 0.3) is 5.57 Å². The van der Waals surface area contributed by atoms with Crippen molar-refractivity contribution in [3.63, 3.8) is 0 Å². The zero-order valence-electron chi connectivity index (χ0n) is 18.6. The molecule has 0 fully saturated rings. The zero-order chi connectivity index (χ0) is 21.6. The molecule has 0 aliphatic heterocycles. The van der Waals surface area contributed by atoms with Crippen LogP contribution in [0.5, 0.6) is 11.5 Å². The van der Waals surface area contributed by atoms with Crippen LogP contribution in [-0.4, -0.2) is 24.8 Å². The van der Waals surface area contributed by atoms with Gasteiger partial charge < -0.3 is 9.47 Å². The lowest BCUT2D eigenvalue weighted by molar-refractivity contribution is -0.113. The first-order valence-electron chi connectivity index (χ1n) is 11.5. The largest absolute Gasteiger partial charge is 0.490 e. The normalized spacial score (nSPS) is 13.5. The van der Waals surface area contributed by atoms with Crippen LogP contribution in [0.2, 0.25) is 0 Å². The molecule has 0 heterocycles. The molecule has 1 aromatic rings. The summed E-state index contributed by atoms with van der Waals surface area (Å²) in [6, 6.07) is 5.57. The Kier molecular flexibility index (Phi) is 11.0. The predicted molar refractivity (Wildman–Crippen MR) is 122 cm³/mol. The lowest BCUT2D eigenvalue weighted by atomic mass is 9.95. The van der Waals surface area contributed by atoms with Gasteiger partial charge in [0.15, 0.2) is 23.1 Å². The summed E-state index contributed by atoms with van der Waals surface area (Å²) in [6.45, 7) is 5.59. The Labute approximate surface area is 181 Å². The minimum Gasteiger partial charge on any atom is -0.490 e. The number of benzene rings is 1. The van der Waals surface area contributed by atoms with E-state index in [0.29, 0.717) is 35.8 Å². The Morgan fingerprint density at radius 3 is 2.03 bits per heavy atom. The van der Waals surface area contributed by atoms with Gasteiger partial charge in [-0.3, -0.25) is 9.59 Å². The quantitative estimate of drug-likeness (QED) is 0.244. The topological polar surface area (TPSA) is 52.6 Å². The summed E-state index contributed by atoms with van der Waals surface area (Å²) in [4.78, 5) is 24.3. The number of hydrogen-bond donors (Lipinski definition) is 0. The van der Waals surface area contributed by atoms with E-state index in [4.69, 9.17) is 9.47 Å². The maximum atomic E-state index is 12.4. The second-order valence-corrected chi connectivity index (χ2v) is 7.82. The molecule has 0 saturated carbocycles. The van der Waals surface area contributed by atoms with Crippen molar-refractivity contribution < 1.29 is 19.1 Å². The molecule has 0 aromatic heterocycles. The van der Waals surface area contributed by atoms with Crippen molar-refractivity contribution in [1.82, 2.24) is 0 Å². The van der Waals surface area contributed by atoms with Crippen LogP contribution < -0.4 is 9.47 Å². The molecule has 1 aromatic carbocycles. The highest BCUT2D eigenvalue weighted by atomic mass is 16.5. The number of allylic oxidation sites excluding steroid dienone is 4. The summed E-state index contributed by atoms with van der Waals surface area (Å²) in [5, 5.41) is 0. The van der Waals surface area contributed by atoms with Gasteiger partial charge in [0.1, 0.15) is 0 Å². The number of ether oxygens (including phenoxy) is 2. The third kappa shape index (κ3) is 7.81. The molecule has 0 spiro atoms. The molecule has 4 nitrogen and oxygen atoms in total. The molecule has 0 unspecified atom stereocenters. The van der Waals surface area contributed by atoms with Crippen molar-refractivity contribution >= 4 is 17.1 Å². The first-order chi connectivity index (χ1) is 14.7. The van der Waals surface area contributed by atoms with Crippen LogP contribution >= 0.6 is 0 Å². The van der Waals surface area contributed by atoms with E-state index in [9.17, 15) is 9.59 Å². The molecule has 0 saturated heterocycles. The van der Waals surface area contributed by atoms with Gasteiger partial charge in [-0.1, -0.05) is 77.3 Å². The molecule has 0 bridgehead atoms. The van der Waals surface area contributed by atoms with E-state index in [0.717, 1.165) is 25.7 Å². The van der Waals surface area contributed by atoms with E-state index in [1.807, 2.05) is 18.2 Å². The van der Waals surface area contributed by atoms with Crippen LogP contribution in [0.15, 0.2) is 36.4 Å². The summed E-state index contributed by atoms with van der Waals surface area (Å²) >= 11 is 0. The minimum absolute atomic E-state index is 0.181. The van der Waals surface area contributed by atoms with Crippen molar-refractivity contribution in [3.05, 3.63) is 42.0 Å². The summed E-state index contributed by atoms with van der Waals surface area (Å²) < 4.78 is 12.2. The summed E-state index contributed by atoms with van der Waals surface area (Å²) in [7, 11) is 0. The maximum Gasteiger partial charge on any atom is 0.186 e. The number of hydrogen-bond acceptors (Lipinski definition) is 4. The molecule has 0 amide bonds. The van der Waals surface area contributed by atoms with E-state index in [2.05, 4.69) is 13.8 Å². The van der Waals surface area contributed by atoms with Gasteiger partial charge in [-0.25, -0.2) is 0 Å². The molecule has 2 rings (SSSR count). The highest BCUT2D eigenvalue weighted by Gasteiger charge is 2.21. The number of unbranched alkanes of at least 4 members (excludes halogenated alkanes) is 8. The van der Waals surface area contributed by atoms with Crippen LogP contribution in [0.1, 0.15) is 83.6 Å². The Bertz CT molecular complexity index is 745. The minimum atomic E-state index is -0.183. The number of rotatable bonds is 15. The number of para-hydroxylation sites is 1. The fourth-order valence-electron chi connectivity index (χ4n) is 3.48. The van der Waals surface area contributed by atoms with Gasteiger partial charge in [0.05, 0.1) is 13.2 Å². The van der Waals surface area contributed by atoms with E-state index in [1.165, 1.54) is 56.8 Å². The monoisotopic (exact) mass is 412 g/mol. The van der Waals surface area contributed by atoms with Crippen molar-refractivity contribution in [2.75, 3.05) is 13.2 Å². The van der Waals surface area contributed by atoms with E-state index >= 15 is 0 Å². The smallest absolute Gasteiger partial charge is 0.186 e. The molecule has 0 atom stereocenters. The average molecular weight is 413 g/mol. The Hall–Kier alpha value is -2.36. The second kappa shape index (κ2) is 13.8. The Balaban J connectivity index is 2.10. The summed E-state index contributed by atoms with van der Waals surface area (Å²) in [5.74, 6) is 0.855. The lowest BCUT2D eigenvalue weighted by Gasteiger charge is -2.18. The Morgan fingerprint density at radius 1 is 0.733 bits per heavy atom. The molecule has 1 aliphatic rings. The summed E-state index contributed by atoms with van der Waals surface area (Å²) in [5.41, 5.74) is 1.01. The first-order valence-corrected chi connectivity index (χ1v) is 11.5. The van der Waals surface area contributed by atoms with Gasteiger partial charge in [-0.15, -0.1) is 0 Å². The van der Waals surface area contributed by atoms with E-state index in [-0.39, 0.29) is 11.6 Å². The molecule has 4 heteroatoms. The van der Waals surface area contributed by atoms with Crippen LogP contribution in [0.3, 0.4) is 0 Å².